The van der Waals surface area contributed by atoms with Crippen LogP contribution in [-0.4, -0.2) is 46.1 Å². The molecule has 1 N–H and O–H groups in total. The molecule has 0 radical (unpaired) electrons. The van der Waals surface area contributed by atoms with E-state index in [-0.39, 0.29) is 42.3 Å². The van der Waals surface area contributed by atoms with E-state index in [1.165, 1.54) is 4.90 Å². The maximum Gasteiger partial charge on any atom is 0.441 e. The molecule has 4 nitrogen and oxygen atoms in total. The number of rotatable bonds is 3. The summed E-state index contributed by atoms with van der Waals surface area (Å²) in [7, 11) is 0. The van der Waals surface area contributed by atoms with E-state index in [1.807, 2.05) is 0 Å². The van der Waals surface area contributed by atoms with E-state index in [9.17, 15) is 22.8 Å². The summed E-state index contributed by atoms with van der Waals surface area (Å²) >= 11 is -0.160. The third kappa shape index (κ3) is 4.59. The van der Waals surface area contributed by atoms with E-state index in [4.69, 9.17) is 0 Å². The Bertz CT molecular complexity index is 371. The van der Waals surface area contributed by atoms with Gasteiger partial charge in [0.15, 0.2) is 0 Å². The van der Waals surface area contributed by atoms with Gasteiger partial charge >= 0.3 is 5.51 Å². The minimum atomic E-state index is -4.30. The molecule has 0 saturated carbocycles. The zero-order chi connectivity index (χ0) is 14.8. The lowest BCUT2D eigenvalue weighted by molar-refractivity contribution is -0.138. The standard InChI is InChI=1S/C11H17F3N2O2S/c1-7-6-8(17)15-10(2,3)9(18)16(7)4-5-19-11(12,13)14/h7H,4-6H2,1-3H3,(H,15,17). The zero-order valence-electron chi connectivity index (χ0n) is 11.0. The summed E-state index contributed by atoms with van der Waals surface area (Å²) in [6.45, 7) is 4.74. The van der Waals surface area contributed by atoms with E-state index in [2.05, 4.69) is 5.32 Å². The number of nitrogens with zero attached hydrogens (tertiary/aromatic N) is 1. The molecule has 110 valence electrons. The minimum Gasteiger partial charge on any atom is -0.342 e. The van der Waals surface area contributed by atoms with Crippen molar-refractivity contribution in [3.05, 3.63) is 0 Å². The lowest BCUT2D eigenvalue weighted by Gasteiger charge is -2.32. The molecule has 0 aromatic carbocycles. The Morgan fingerprint density at radius 2 is 2.00 bits per heavy atom. The van der Waals surface area contributed by atoms with Crippen molar-refractivity contribution in [2.24, 2.45) is 0 Å². The fourth-order valence-electron chi connectivity index (χ4n) is 1.97. The molecule has 0 aliphatic carbocycles. The summed E-state index contributed by atoms with van der Waals surface area (Å²) in [6, 6.07) is -0.400. The third-order valence-corrected chi connectivity index (χ3v) is 3.57. The molecule has 2 amide bonds. The van der Waals surface area contributed by atoms with Crippen molar-refractivity contribution < 1.29 is 22.8 Å². The summed E-state index contributed by atoms with van der Waals surface area (Å²) in [6.07, 6.45) is 0.103. The number of hydrogen-bond donors (Lipinski definition) is 1. The molecule has 1 rings (SSSR count). The van der Waals surface area contributed by atoms with Crippen LogP contribution in [-0.2, 0) is 9.59 Å². The van der Waals surface area contributed by atoms with Crippen LogP contribution in [0.15, 0.2) is 0 Å². The number of thioether (sulfide) groups is 1. The molecule has 0 spiro atoms. The van der Waals surface area contributed by atoms with E-state index in [1.54, 1.807) is 20.8 Å². The second-order valence-corrected chi connectivity index (χ2v) is 6.18. The molecule has 19 heavy (non-hydrogen) atoms. The summed E-state index contributed by atoms with van der Waals surface area (Å²) in [5.41, 5.74) is -5.38. The van der Waals surface area contributed by atoms with Crippen LogP contribution in [0.3, 0.4) is 0 Å². The highest BCUT2D eigenvalue weighted by Gasteiger charge is 2.39. The molecule has 1 atom stereocenters. The highest BCUT2D eigenvalue weighted by molar-refractivity contribution is 8.00. The van der Waals surface area contributed by atoms with Gasteiger partial charge in [-0.15, -0.1) is 0 Å². The molecule has 1 unspecified atom stereocenters. The largest absolute Gasteiger partial charge is 0.441 e. The summed E-state index contributed by atoms with van der Waals surface area (Å²) in [4.78, 5) is 25.1. The average molecular weight is 298 g/mol. The number of alkyl halides is 3. The highest BCUT2D eigenvalue weighted by atomic mass is 32.2. The van der Waals surface area contributed by atoms with Gasteiger partial charge in [-0.25, -0.2) is 0 Å². The van der Waals surface area contributed by atoms with Gasteiger partial charge in [0.25, 0.3) is 0 Å². The zero-order valence-corrected chi connectivity index (χ0v) is 11.8. The predicted molar refractivity (Wildman–Crippen MR) is 66.5 cm³/mol. The first-order valence-electron chi connectivity index (χ1n) is 5.86. The lowest BCUT2D eigenvalue weighted by atomic mass is 10.0. The van der Waals surface area contributed by atoms with Crippen LogP contribution in [0.25, 0.3) is 0 Å². The molecule has 0 aromatic heterocycles. The summed E-state index contributed by atoms with van der Waals surface area (Å²) in [5.74, 6) is -0.852. The van der Waals surface area contributed by atoms with Crippen LogP contribution in [0.2, 0.25) is 0 Å². The second kappa shape index (κ2) is 5.60. The average Bonchev–Trinajstić information content (AvgIpc) is 2.25. The third-order valence-electron chi connectivity index (χ3n) is 2.86. The maximum absolute atomic E-state index is 12.2. The van der Waals surface area contributed by atoms with Gasteiger partial charge in [-0.1, -0.05) is 0 Å². The Labute approximate surface area is 114 Å². The van der Waals surface area contributed by atoms with Gasteiger partial charge in [-0.3, -0.25) is 9.59 Å². The molecule has 1 heterocycles. The number of carbonyl (C=O) groups is 2. The Hall–Kier alpha value is -0.920. The van der Waals surface area contributed by atoms with Gasteiger partial charge in [0.05, 0.1) is 0 Å². The van der Waals surface area contributed by atoms with Crippen molar-refractivity contribution in [3.8, 4) is 0 Å². The van der Waals surface area contributed by atoms with Crippen molar-refractivity contribution in [2.45, 2.75) is 44.3 Å². The van der Waals surface area contributed by atoms with Gasteiger partial charge in [-0.2, -0.15) is 13.2 Å². The van der Waals surface area contributed by atoms with E-state index < -0.39 is 17.1 Å². The van der Waals surface area contributed by atoms with E-state index >= 15 is 0 Å². The smallest absolute Gasteiger partial charge is 0.342 e. The van der Waals surface area contributed by atoms with Gasteiger partial charge in [0.1, 0.15) is 5.54 Å². The van der Waals surface area contributed by atoms with Crippen molar-refractivity contribution in [2.75, 3.05) is 12.3 Å². The quantitative estimate of drug-likeness (QED) is 0.863. The highest BCUT2D eigenvalue weighted by Crippen LogP contribution is 2.30. The van der Waals surface area contributed by atoms with Gasteiger partial charge in [0, 0.05) is 24.8 Å². The number of nitrogens with one attached hydrogen (secondary N) is 1. The normalized spacial score (nSPS) is 24.1. The molecular formula is C11H17F3N2O2S. The van der Waals surface area contributed by atoms with Crippen LogP contribution in [0.1, 0.15) is 27.2 Å². The van der Waals surface area contributed by atoms with Crippen LogP contribution in [0.5, 0.6) is 0 Å². The Morgan fingerprint density at radius 3 is 2.53 bits per heavy atom. The fourth-order valence-corrected chi connectivity index (χ4v) is 2.49. The SMILES string of the molecule is CC1CC(=O)NC(C)(C)C(=O)N1CCSC(F)(F)F. The number of halogens is 3. The predicted octanol–water partition coefficient (Wildman–Crippen LogP) is 1.76. The van der Waals surface area contributed by atoms with Crippen molar-refractivity contribution in [1.82, 2.24) is 10.2 Å². The monoisotopic (exact) mass is 298 g/mol. The minimum absolute atomic E-state index is 0.0252. The molecule has 8 heteroatoms. The molecule has 1 aliphatic heterocycles. The molecule has 1 aliphatic rings. The van der Waals surface area contributed by atoms with E-state index in [0.29, 0.717) is 0 Å². The van der Waals surface area contributed by atoms with Crippen LogP contribution < -0.4 is 5.32 Å². The topological polar surface area (TPSA) is 49.4 Å². The Kier molecular flexibility index (Phi) is 4.76. The van der Waals surface area contributed by atoms with Gasteiger partial charge in [-0.05, 0) is 32.5 Å². The van der Waals surface area contributed by atoms with Crippen molar-refractivity contribution >= 4 is 23.6 Å². The first-order valence-corrected chi connectivity index (χ1v) is 6.84. The molecular weight excluding hydrogens is 281 g/mol. The Balaban J connectivity index is 2.73. The van der Waals surface area contributed by atoms with Crippen LogP contribution >= 0.6 is 11.8 Å². The summed E-state index contributed by atoms with van der Waals surface area (Å²) < 4.78 is 36.3. The summed E-state index contributed by atoms with van der Waals surface area (Å²) in [5, 5.41) is 2.58. The number of amides is 2. The first kappa shape index (κ1) is 16.1. The fraction of sp³-hybridized carbons (Fsp3) is 0.818. The Morgan fingerprint density at radius 1 is 1.42 bits per heavy atom. The van der Waals surface area contributed by atoms with Crippen molar-refractivity contribution in [1.29, 1.82) is 0 Å². The molecule has 1 fully saturated rings. The molecule has 1 saturated heterocycles. The van der Waals surface area contributed by atoms with Crippen LogP contribution in [0, 0.1) is 0 Å². The first-order chi connectivity index (χ1) is 8.53. The van der Waals surface area contributed by atoms with Gasteiger partial charge < -0.3 is 10.2 Å². The number of hydrogen-bond acceptors (Lipinski definition) is 3. The van der Waals surface area contributed by atoms with Gasteiger partial charge in [0.2, 0.25) is 11.8 Å². The number of carbonyl (C=O) groups excluding carboxylic acids is 2. The van der Waals surface area contributed by atoms with E-state index in [0.717, 1.165) is 0 Å². The second-order valence-electron chi connectivity index (χ2n) is 5.02. The van der Waals surface area contributed by atoms with Crippen LogP contribution in [0.4, 0.5) is 13.2 Å². The molecule has 0 bridgehead atoms. The lowest BCUT2D eigenvalue weighted by Crippen LogP contribution is -2.54. The maximum atomic E-state index is 12.2. The van der Waals surface area contributed by atoms with Crippen molar-refractivity contribution in [3.63, 3.8) is 0 Å². The molecule has 0 aromatic rings.